The molecule has 0 aliphatic heterocycles. The molecule has 0 saturated heterocycles. The lowest BCUT2D eigenvalue weighted by Crippen LogP contribution is -2.19. The van der Waals surface area contributed by atoms with Crippen molar-refractivity contribution in [1.29, 1.82) is 0 Å². The van der Waals surface area contributed by atoms with Gasteiger partial charge in [0.2, 0.25) is 0 Å². The molecule has 0 heterocycles. The van der Waals surface area contributed by atoms with Crippen molar-refractivity contribution in [2.75, 3.05) is 5.32 Å². The van der Waals surface area contributed by atoms with Crippen LogP contribution in [0, 0.1) is 12.3 Å². The van der Waals surface area contributed by atoms with Gasteiger partial charge in [-0.05, 0) is 55.7 Å². The molecule has 1 atom stereocenters. The third kappa shape index (κ3) is 3.65. The molecular weight excluding hydrogens is 242 g/mol. The zero-order valence-corrected chi connectivity index (χ0v) is 12.5. The molecule has 0 aromatic heterocycles. The van der Waals surface area contributed by atoms with Crippen molar-refractivity contribution in [2.24, 2.45) is 5.41 Å². The highest BCUT2D eigenvalue weighted by molar-refractivity contribution is 6.31. The van der Waals surface area contributed by atoms with Gasteiger partial charge in [-0.3, -0.25) is 0 Å². The fourth-order valence-corrected chi connectivity index (χ4v) is 2.90. The van der Waals surface area contributed by atoms with E-state index in [-0.39, 0.29) is 0 Å². The first-order valence-electron chi connectivity index (χ1n) is 6.99. The Morgan fingerprint density at radius 3 is 2.72 bits per heavy atom. The van der Waals surface area contributed by atoms with Gasteiger partial charge in [-0.25, -0.2) is 0 Å². The zero-order valence-electron chi connectivity index (χ0n) is 11.7. The van der Waals surface area contributed by atoms with Gasteiger partial charge >= 0.3 is 0 Å². The van der Waals surface area contributed by atoms with Gasteiger partial charge in [0.05, 0.1) is 0 Å². The van der Waals surface area contributed by atoms with Crippen molar-refractivity contribution in [3.8, 4) is 0 Å². The van der Waals surface area contributed by atoms with Gasteiger partial charge in [0.25, 0.3) is 0 Å². The van der Waals surface area contributed by atoms with Crippen LogP contribution in [0.2, 0.25) is 5.02 Å². The second-order valence-electron chi connectivity index (χ2n) is 6.40. The van der Waals surface area contributed by atoms with Crippen molar-refractivity contribution in [3.63, 3.8) is 0 Å². The average Bonchev–Trinajstić information content (AvgIpc) is 2.46. The molecule has 100 valence electrons. The first-order valence-corrected chi connectivity index (χ1v) is 7.37. The third-order valence-electron chi connectivity index (χ3n) is 4.12. The van der Waals surface area contributed by atoms with E-state index in [1.54, 1.807) is 0 Å². The monoisotopic (exact) mass is 265 g/mol. The number of benzene rings is 1. The largest absolute Gasteiger partial charge is 0.382 e. The summed E-state index contributed by atoms with van der Waals surface area (Å²) in [5, 5.41) is 4.50. The fraction of sp³-hybridized carbons (Fsp3) is 0.625. The summed E-state index contributed by atoms with van der Waals surface area (Å²) in [6.45, 7) is 6.82. The van der Waals surface area contributed by atoms with Gasteiger partial charge in [-0.15, -0.1) is 0 Å². The summed E-state index contributed by atoms with van der Waals surface area (Å²) in [6, 6.07) is 6.88. The van der Waals surface area contributed by atoms with Crippen molar-refractivity contribution >= 4 is 17.3 Å². The Kier molecular flexibility index (Phi) is 4.21. The summed E-state index contributed by atoms with van der Waals surface area (Å²) in [7, 11) is 0. The molecule has 18 heavy (non-hydrogen) atoms. The first-order chi connectivity index (χ1) is 8.46. The first kappa shape index (κ1) is 13.7. The van der Waals surface area contributed by atoms with Gasteiger partial charge in [-0.2, -0.15) is 0 Å². The maximum Gasteiger partial charge on any atom is 0.0455 e. The average molecular weight is 266 g/mol. The van der Waals surface area contributed by atoms with E-state index in [1.807, 2.05) is 13.0 Å². The predicted octanol–water partition coefficient (Wildman–Crippen LogP) is 5.42. The molecule has 1 aliphatic rings. The van der Waals surface area contributed by atoms with Crippen LogP contribution in [0.15, 0.2) is 18.2 Å². The molecule has 2 heteroatoms. The maximum absolute atomic E-state index is 6.17. The molecule has 1 aliphatic carbocycles. The standard InChI is InChI=1S/C16H24ClN/c1-12-6-7-14(11-15(12)17)18-13-5-4-9-16(2,3)10-8-13/h6-7,11,13,18H,4-5,8-10H2,1-3H3. The van der Waals surface area contributed by atoms with E-state index < -0.39 is 0 Å². The van der Waals surface area contributed by atoms with E-state index in [9.17, 15) is 0 Å². The Bertz CT molecular complexity index is 412. The Balaban J connectivity index is 1.98. The maximum atomic E-state index is 6.17. The van der Waals surface area contributed by atoms with Crippen LogP contribution < -0.4 is 5.32 Å². The minimum Gasteiger partial charge on any atom is -0.382 e. The topological polar surface area (TPSA) is 12.0 Å². The lowest BCUT2D eigenvalue weighted by molar-refractivity contribution is 0.313. The molecule has 1 saturated carbocycles. The molecule has 0 bridgehead atoms. The molecule has 0 amide bonds. The lowest BCUT2D eigenvalue weighted by atomic mass is 9.85. The van der Waals surface area contributed by atoms with E-state index in [2.05, 4.69) is 31.3 Å². The normalized spacial score (nSPS) is 23.4. The molecule has 1 unspecified atom stereocenters. The van der Waals surface area contributed by atoms with Gasteiger partial charge in [0.1, 0.15) is 0 Å². The number of hydrogen-bond donors (Lipinski definition) is 1. The summed E-state index contributed by atoms with van der Waals surface area (Å²) >= 11 is 6.17. The molecule has 2 rings (SSSR count). The number of hydrogen-bond acceptors (Lipinski definition) is 1. The summed E-state index contributed by atoms with van der Waals surface area (Å²) < 4.78 is 0. The Morgan fingerprint density at radius 1 is 1.22 bits per heavy atom. The molecule has 1 aromatic carbocycles. The van der Waals surface area contributed by atoms with E-state index >= 15 is 0 Å². The van der Waals surface area contributed by atoms with Crippen molar-refractivity contribution in [2.45, 2.75) is 58.9 Å². The van der Waals surface area contributed by atoms with Crippen LogP contribution in [0.5, 0.6) is 0 Å². The SMILES string of the molecule is Cc1ccc(NC2CCCC(C)(C)CC2)cc1Cl. The van der Waals surface area contributed by atoms with Crippen molar-refractivity contribution in [3.05, 3.63) is 28.8 Å². The molecule has 0 radical (unpaired) electrons. The Hall–Kier alpha value is -0.690. The number of halogens is 1. The molecule has 0 spiro atoms. The summed E-state index contributed by atoms with van der Waals surface area (Å²) in [5.41, 5.74) is 2.82. The summed E-state index contributed by atoms with van der Waals surface area (Å²) in [6.07, 6.45) is 6.52. The number of anilines is 1. The highest BCUT2D eigenvalue weighted by Crippen LogP contribution is 2.34. The van der Waals surface area contributed by atoms with Crippen molar-refractivity contribution in [1.82, 2.24) is 0 Å². The summed E-state index contributed by atoms with van der Waals surface area (Å²) in [4.78, 5) is 0. The Morgan fingerprint density at radius 2 is 2.00 bits per heavy atom. The second-order valence-corrected chi connectivity index (χ2v) is 6.81. The van der Waals surface area contributed by atoms with Crippen LogP contribution in [0.1, 0.15) is 51.5 Å². The quantitative estimate of drug-likeness (QED) is 0.704. The van der Waals surface area contributed by atoms with E-state index in [0.717, 1.165) is 16.3 Å². The van der Waals surface area contributed by atoms with Gasteiger partial charge < -0.3 is 5.32 Å². The van der Waals surface area contributed by atoms with E-state index in [4.69, 9.17) is 11.6 Å². The van der Waals surface area contributed by atoms with Crippen LogP contribution >= 0.6 is 11.6 Å². The molecule has 1 N–H and O–H groups in total. The predicted molar refractivity (Wildman–Crippen MR) is 80.5 cm³/mol. The van der Waals surface area contributed by atoms with Crippen LogP contribution in [0.3, 0.4) is 0 Å². The lowest BCUT2D eigenvalue weighted by Gasteiger charge is -2.22. The van der Waals surface area contributed by atoms with Gasteiger partial charge in [-0.1, -0.05) is 37.9 Å². The molecule has 1 fully saturated rings. The van der Waals surface area contributed by atoms with Crippen LogP contribution in [-0.2, 0) is 0 Å². The van der Waals surface area contributed by atoms with Crippen LogP contribution in [0.25, 0.3) is 0 Å². The highest BCUT2D eigenvalue weighted by Gasteiger charge is 2.24. The molecule has 1 nitrogen and oxygen atoms in total. The number of nitrogens with one attached hydrogen (secondary N) is 1. The van der Waals surface area contributed by atoms with E-state index in [1.165, 1.54) is 32.1 Å². The summed E-state index contributed by atoms with van der Waals surface area (Å²) in [5.74, 6) is 0. The number of aryl methyl sites for hydroxylation is 1. The van der Waals surface area contributed by atoms with Crippen LogP contribution in [0.4, 0.5) is 5.69 Å². The van der Waals surface area contributed by atoms with Gasteiger partial charge in [0.15, 0.2) is 0 Å². The van der Waals surface area contributed by atoms with Crippen LogP contribution in [-0.4, -0.2) is 6.04 Å². The minimum absolute atomic E-state index is 0.515. The second kappa shape index (κ2) is 5.52. The highest BCUT2D eigenvalue weighted by atomic mass is 35.5. The molecular formula is C16H24ClN. The zero-order chi connectivity index (χ0) is 13.2. The van der Waals surface area contributed by atoms with Gasteiger partial charge in [0, 0.05) is 16.8 Å². The third-order valence-corrected chi connectivity index (χ3v) is 4.53. The minimum atomic E-state index is 0.515. The smallest absolute Gasteiger partial charge is 0.0455 e. The Labute approximate surface area is 116 Å². The van der Waals surface area contributed by atoms with Crippen molar-refractivity contribution < 1.29 is 0 Å². The van der Waals surface area contributed by atoms with E-state index in [0.29, 0.717) is 11.5 Å². The fourth-order valence-electron chi connectivity index (χ4n) is 2.72. The molecule has 1 aromatic rings. The number of rotatable bonds is 2.